The van der Waals surface area contributed by atoms with Crippen LogP contribution in [0.15, 0.2) is 48.5 Å². The van der Waals surface area contributed by atoms with Crippen LogP contribution in [0.1, 0.15) is 13.3 Å². The van der Waals surface area contributed by atoms with Crippen LogP contribution in [-0.4, -0.2) is 23.6 Å². The highest BCUT2D eigenvalue weighted by atomic mass is 35.5. The molecule has 1 aromatic heterocycles. The van der Waals surface area contributed by atoms with Gasteiger partial charge in [0.2, 0.25) is 0 Å². The van der Waals surface area contributed by atoms with Gasteiger partial charge in [-0.25, -0.2) is 9.97 Å². The highest BCUT2D eigenvalue weighted by Crippen LogP contribution is 2.26. The highest BCUT2D eigenvalue weighted by Gasteiger charge is 2.09. The van der Waals surface area contributed by atoms with Crippen molar-refractivity contribution in [3.8, 4) is 17.1 Å². The van der Waals surface area contributed by atoms with Gasteiger partial charge >= 0.3 is 0 Å². The Bertz CT molecular complexity index is 775. The first-order valence-corrected chi connectivity index (χ1v) is 7.47. The number of nitrogens with one attached hydrogen (secondary N) is 1. The van der Waals surface area contributed by atoms with Crippen LogP contribution in [0.4, 0.5) is 5.82 Å². The first-order chi connectivity index (χ1) is 10.8. The quantitative estimate of drug-likeness (QED) is 0.763. The predicted molar refractivity (Wildman–Crippen MR) is 90.3 cm³/mol. The number of rotatable bonds is 5. The van der Waals surface area contributed by atoms with E-state index in [9.17, 15) is 0 Å². The molecule has 4 nitrogen and oxygen atoms in total. The van der Waals surface area contributed by atoms with Crippen LogP contribution < -0.4 is 22.5 Å². The summed E-state index contributed by atoms with van der Waals surface area (Å²) in [5.41, 5.74) is 1.92. The second kappa shape index (κ2) is 7.79. The summed E-state index contributed by atoms with van der Waals surface area (Å²) in [5.74, 6) is 2.44. The average molecular weight is 329 g/mol. The molecular formula is C18H19ClN3O-. The van der Waals surface area contributed by atoms with Crippen molar-refractivity contribution in [3.05, 3.63) is 48.5 Å². The van der Waals surface area contributed by atoms with E-state index in [-0.39, 0.29) is 12.4 Å². The van der Waals surface area contributed by atoms with Crippen LogP contribution in [0.25, 0.3) is 22.3 Å². The highest BCUT2D eigenvalue weighted by molar-refractivity contribution is 5.90. The first-order valence-electron chi connectivity index (χ1n) is 7.47. The molecule has 0 aliphatic rings. The van der Waals surface area contributed by atoms with E-state index in [0.717, 1.165) is 46.8 Å². The van der Waals surface area contributed by atoms with E-state index in [0.29, 0.717) is 0 Å². The standard InChI is InChI=1S/C18H19N3O.ClH/c1-3-12-19-18-15-6-4-5-7-16(15)20-17(21-18)13-8-10-14(22-2)11-9-13;/h4-11H,3,12H2,1-2H3,(H,19,20,21);1H/p-1. The van der Waals surface area contributed by atoms with Crippen molar-refractivity contribution < 1.29 is 17.1 Å². The van der Waals surface area contributed by atoms with Crippen molar-refractivity contribution in [1.29, 1.82) is 0 Å². The van der Waals surface area contributed by atoms with E-state index >= 15 is 0 Å². The fraction of sp³-hybridized carbons (Fsp3) is 0.222. The summed E-state index contributed by atoms with van der Waals surface area (Å²) in [5, 5.41) is 4.44. The third kappa shape index (κ3) is 3.71. The minimum absolute atomic E-state index is 0. The number of hydrogen-bond acceptors (Lipinski definition) is 4. The lowest BCUT2D eigenvalue weighted by molar-refractivity contribution is -0.00000488. The van der Waals surface area contributed by atoms with Crippen LogP contribution >= 0.6 is 0 Å². The summed E-state index contributed by atoms with van der Waals surface area (Å²) in [6, 6.07) is 15.9. The van der Waals surface area contributed by atoms with E-state index in [1.54, 1.807) is 7.11 Å². The van der Waals surface area contributed by atoms with Crippen molar-refractivity contribution in [3.63, 3.8) is 0 Å². The van der Waals surface area contributed by atoms with Gasteiger partial charge in [-0.05, 0) is 42.8 Å². The number of ether oxygens (including phenoxy) is 1. The van der Waals surface area contributed by atoms with Crippen molar-refractivity contribution in [2.24, 2.45) is 0 Å². The van der Waals surface area contributed by atoms with Gasteiger partial charge < -0.3 is 22.5 Å². The molecule has 3 rings (SSSR count). The Labute approximate surface area is 142 Å². The number of methoxy groups -OCH3 is 1. The number of fused-ring (bicyclic) bond motifs is 1. The molecule has 2 aromatic carbocycles. The summed E-state index contributed by atoms with van der Waals surface area (Å²) in [4.78, 5) is 9.38. The first kappa shape index (κ1) is 17.0. The van der Waals surface area contributed by atoms with Crippen LogP contribution in [-0.2, 0) is 0 Å². The van der Waals surface area contributed by atoms with Crippen LogP contribution in [0.5, 0.6) is 5.75 Å². The van der Waals surface area contributed by atoms with E-state index in [2.05, 4.69) is 17.2 Å². The number of nitrogens with zero attached hydrogens (tertiary/aromatic N) is 2. The summed E-state index contributed by atoms with van der Waals surface area (Å²) >= 11 is 0. The van der Waals surface area contributed by atoms with Crippen molar-refractivity contribution in [2.45, 2.75) is 13.3 Å². The lowest BCUT2D eigenvalue weighted by Gasteiger charge is -2.10. The van der Waals surface area contributed by atoms with Crippen LogP contribution in [0.3, 0.4) is 0 Å². The fourth-order valence-corrected chi connectivity index (χ4v) is 2.32. The molecule has 5 heteroatoms. The maximum Gasteiger partial charge on any atom is 0.162 e. The van der Waals surface area contributed by atoms with Gasteiger partial charge in [0.15, 0.2) is 5.82 Å². The normalized spacial score (nSPS) is 10.2. The van der Waals surface area contributed by atoms with Crippen molar-refractivity contribution in [2.75, 3.05) is 19.0 Å². The smallest absolute Gasteiger partial charge is 0.162 e. The molecule has 1 N–H and O–H groups in total. The zero-order chi connectivity index (χ0) is 15.4. The lowest BCUT2D eigenvalue weighted by Crippen LogP contribution is -3.00. The van der Waals surface area contributed by atoms with Gasteiger partial charge in [-0.1, -0.05) is 19.1 Å². The molecule has 0 bridgehead atoms. The Morgan fingerprint density at radius 3 is 2.43 bits per heavy atom. The lowest BCUT2D eigenvalue weighted by atomic mass is 10.1. The van der Waals surface area contributed by atoms with Gasteiger partial charge in [-0.3, -0.25) is 0 Å². The number of para-hydroxylation sites is 1. The third-order valence-electron chi connectivity index (χ3n) is 3.49. The minimum Gasteiger partial charge on any atom is -1.00 e. The second-order valence-electron chi connectivity index (χ2n) is 5.07. The molecule has 0 fully saturated rings. The minimum atomic E-state index is 0. The maximum atomic E-state index is 5.20. The average Bonchev–Trinajstić information content (AvgIpc) is 2.59. The Morgan fingerprint density at radius 1 is 1.00 bits per heavy atom. The van der Waals surface area contributed by atoms with Crippen molar-refractivity contribution in [1.82, 2.24) is 9.97 Å². The molecule has 0 amide bonds. The number of aromatic nitrogens is 2. The summed E-state index contributed by atoms with van der Waals surface area (Å²) < 4.78 is 5.20. The Hall–Kier alpha value is -2.33. The molecule has 0 aliphatic carbocycles. The Balaban J connectivity index is 0.00000192. The van der Waals surface area contributed by atoms with Crippen molar-refractivity contribution >= 4 is 16.7 Å². The molecule has 1 heterocycles. The van der Waals surface area contributed by atoms with Gasteiger partial charge in [0.05, 0.1) is 12.6 Å². The largest absolute Gasteiger partial charge is 1.00 e. The van der Waals surface area contributed by atoms with Gasteiger partial charge in [0, 0.05) is 17.5 Å². The Morgan fingerprint density at radius 2 is 1.74 bits per heavy atom. The second-order valence-corrected chi connectivity index (χ2v) is 5.07. The molecule has 0 radical (unpaired) electrons. The van der Waals surface area contributed by atoms with Gasteiger partial charge in [-0.15, -0.1) is 0 Å². The number of hydrogen-bond donors (Lipinski definition) is 1. The predicted octanol–water partition coefficient (Wildman–Crippen LogP) is 1.13. The molecule has 0 unspecified atom stereocenters. The molecule has 0 saturated carbocycles. The van der Waals surface area contributed by atoms with E-state index in [1.165, 1.54) is 0 Å². The topological polar surface area (TPSA) is 47.0 Å². The maximum absolute atomic E-state index is 5.20. The molecule has 0 spiro atoms. The number of benzene rings is 2. The van der Waals surface area contributed by atoms with Gasteiger partial charge in [-0.2, -0.15) is 0 Å². The number of halogens is 1. The van der Waals surface area contributed by atoms with E-state index in [1.807, 2.05) is 48.5 Å². The summed E-state index contributed by atoms with van der Waals surface area (Å²) in [7, 11) is 1.66. The third-order valence-corrected chi connectivity index (χ3v) is 3.49. The monoisotopic (exact) mass is 328 g/mol. The van der Waals surface area contributed by atoms with Gasteiger partial charge in [0.1, 0.15) is 11.6 Å². The zero-order valence-electron chi connectivity index (χ0n) is 13.2. The Kier molecular flexibility index (Phi) is 5.77. The fourth-order valence-electron chi connectivity index (χ4n) is 2.32. The summed E-state index contributed by atoms with van der Waals surface area (Å²) in [6.07, 6.45) is 1.05. The van der Waals surface area contributed by atoms with E-state index in [4.69, 9.17) is 9.72 Å². The molecule has 23 heavy (non-hydrogen) atoms. The zero-order valence-corrected chi connectivity index (χ0v) is 14.0. The van der Waals surface area contributed by atoms with Gasteiger partial charge in [0.25, 0.3) is 0 Å². The molecule has 0 atom stereocenters. The molecule has 120 valence electrons. The van der Waals surface area contributed by atoms with Crippen LogP contribution in [0.2, 0.25) is 0 Å². The SMILES string of the molecule is CCCNc1nc(-c2ccc(OC)cc2)nc2ccccc12.[Cl-]. The van der Waals surface area contributed by atoms with Crippen LogP contribution in [0, 0.1) is 0 Å². The van der Waals surface area contributed by atoms with E-state index < -0.39 is 0 Å². The molecule has 0 aliphatic heterocycles. The molecular weight excluding hydrogens is 310 g/mol. The number of anilines is 1. The molecule has 3 aromatic rings. The summed E-state index contributed by atoms with van der Waals surface area (Å²) in [6.45, 7) is 3.03. The molecule has 0 saturated heterocycles.